The Morgan fingerprint density at radius 2 is 1.89 bits per heavy atom. The summed E-state index contributed by atoms with van der Waals surface area (Å²) in [5.41, 5.74) is 7.47. The molecule has 1 unspecified atom stereocenters. The molecule has 0 saturated heterocycles. The van der Waals surface area contributed by atoms with Crippen LogP contribution in [0.1, 0.15) is 37.8 Å². The zero-order chi connectivity index (χ0) is 25.7. The van der Waals surface area contributed by atoms with E-state index in [9.17, 15) is 10.1 Å². The number of ether oxygens (including phenoxy) is 4. The van der Waals surface area contributed by atoms with Crippen LogP contribution in [0, 0.1) is 11.3 Å². The molecule has 0 aliphatic carbocycles. The molecule has 2 aromatic rings. The lowest BCUT2D eigenvalue weighted by molar-refractivity contribution is -0.139. The van der Waals surface area contributed by atoms with Crippen molar-refractivity contribution in [2.24, 2.45) is 5.73 Å². The highest BCUT2D eigenvalue weighted by molar-refractivity contribution is 9.10. The number of nitriles is 1. The van der Waals surface area contributed by atoms with Gasteiger partial charge in [0.1, 0.15) is 24.0 Å². The SMILES string of the molecule is CCOC(=O)C1=C(C)OC(N)=C(C#N)C1c1cc(Br)c(OCc2c(Cl)cccc2Cl)c(OCC)c1. The van der Waals surface area contributed by atoms with Crippen LogP contribution < -0.4 is 15.2 Å². The monoisotopic (exact) mass is 580 g/mol. The second-order valence-corrected chi connectivity index (χ2v) is 9.04. The molecule has 3 rings (SSSR count). The molecule has 35 heavy (non-hydrogen) atoms. The molecule has 0 bridgehead atoms. The van der Waals surface area contributed by atoms with Crippen molar-refractivity contribution in [2.45, 2.75) is 33.3 Å². The van der Waals surface area contributed by atoms with Gasteiger partial charge in [-0.2, -0.15) is 5.26 Å². The first-order chi connectivity index (χ1) is 16.7. The Kier molecular flexibility index (Phi) is 8.95. The number of carbonyl (C=O) groups excluding carboxylic acids is 1. The van der Waals surface area contributed by atoms with Gasteiger partial charge in [-0.25, -0.2) is 4.79 Å². The quantitative estimate of drug-likeness (QED) is 0.361. The summed E-state index contributed by atoms with van der Waals surface area (Å²) >= 11 is 16.1. The van der Waals surface area contributed by atoms with Gasteiger partial charge in [0.25, 0.3) is 0 Å². The second kappa shape index (κ2) is 11.7. The van der Waals surface area contributed by atoms with Crippen molar-refractivity contribution in [3.05, 3.63) is 78.8 Å². The fourth-order valence-corrected chi connectivity index (χ4v) is 4.74. The van der Waals surface area contributed by atoms with Crippen LogP contribution in [0.3, 0.4) is 0 Å². The third kappa shape index (κ3) is 5.69. The molecular formula is C25H23BrCl2N2O5. The molecule has 1 aliphatic heterocycles. The van der Waals surface area contributed by atoms with E-state index in [4.69, 9.17) is 47.9 Å². The van der Waals surface area contributed by atoms with E-state index in [0.717, 1.165) is 0 Å². The highest BCUT2D eigenvalue weighted by Gasteiger charge is 2.37. The maximum Gasteiger partial charge on any atom is 0.338 e. The Hall–Kier alpha value is -2.86. The summed E-state index contributed by atoms with van der Waals surface area (Å²) in [6.07, 6.45) is 0. The van der Waals surface area contributed by atoms with Gasteiger partial charge < -0.3 is 24.7 Å². The van der Waals surface area contributed by atoms with Crippen LogP contribution in [0.25, 0.3) is 0 Å². The van der Waals surface area contributed by atoms with Gasteiger partial charge >= 0.3 is 5.97 Å². The summed E-state index contributed by atoms with van der Waals surface area (Å²) < 4.78 is 23.1. The Morgan fingerprint density at radius 3 is 2.49 bits per heavy atom. The van der Waals surface area contributed by atoms with Crippen LogP contribution in [0.15, 0.2) is 57.6 Å². The number of esters is 1. The van der Waals surface area contributed by atoms with Crippen molar-refractivity contribution in [3.63, 3.8) is 0 Å². The molecule has 0 saturated carbocycles. The molecule has 1 aliphatic rings. The lowest BCUT2D eigenvalue weighted by Gasteiger charge is -2.27. The van der Waals surface area contributed by atoms with E-state index in [2.05, 4.69) is 22.0 Å². The molecule has 0 aromatic heterocycles. The van der Waals surface area contributed by atoms with Crippen LogP contribution in [-0.4, -0.2) is 19.2 Å². The summed E-state index contributed by atoms with van der Waals surface area (Å²) in [5, 5.41) is 10.8. The lowest BCUT2D eigenvalue weighted by Crippen LogP contribution is -2.25. The third-order valence-electron chi connectivity index (χ3n) is 5.19. The molecule has 0 amide bonds. The van der Waals surface area contributed by atoms with E-state index in [1.54, 1.807) is 44.2 Å². The van der Waals surface area contributed by atoms with Crippen LogP contribution in [0.4, 0.5) is 0 Å². The molecule has 1 atom stereocenters. The predicted octanol–water partition coefficient (Wildman–Crippen LogP) is 6.38. The molecule has 10 heteroatoms. The number of halogens is 3. The molecular weight excluding hydrogens is 559 g/mol. The van der Waals surface area contributed by atoms with Crippen molar-refractivity contribution in [3.8, 4) is 17.6 Å². The molecule has 0 spiro atoms. The van der Waals surface area contributed by atoms with Crippen molar-refractivity contribution in [1.82, 2.24) is 0 Å². The first kappa shape index (κ1) is 26.7. The van der Waals surface area contributed by atoms with Gasteiger partial charge in [0, 0.05) is 15.6 Å². The van der Waals surface area contributed by atoms with E-state index < -0.39 is 11.9 Å². The molecule has 2 aromatic carbocycles. The van der Waals surface area contributed by atoms with Gasteiger partial charge in [-0.05, 0) is 66.5 Å². The average molecular weight is 582 g/mol. The van der Waals surface area contributed by atoms with Crippen molar-refractivity contribution in [2.75, 3.05) is 13.2 Å². The van der Waals surface area contributed by atoms with E-state index >= 15 is 0 Å². The minimum absolute atomic E-state index is 0.0779. The highest BCUT2D eigenvalue weighted by Crippen LogP contribution is 2.45. The average Bonchev–Trinajstić information content (AvgIpc) is 2.79. The maximum atomic E-state index is 12.8. The Balaban J connectivity index is 2.09. The summed E-state index contributed by atoms with van der Waals surface area (Å²) in [4.78, 5) is 12.8. The van der Waals surface area contributed by atoms with Crippen molar-refractivity contribution >= 4 is 45.1 Å². The number of nitrogens with zero attached hydrogens (tertiary/aromatic N) is 1. The summed E-state index contributed by atoms with van der Waals surface area (Å²) in [5.74, 6) is -0.442. The van der Waals surface area contributed by atoms with Crippen LogP contribution in [0.5, 0.6) is 11.5 Å². The number of allylic oxidation sites excluding steroid dienone is 2. The van der Waals surface area contributed by atoms with Gasteiger partial charge in [0.2, 0.25) is 5.88 Å². The number of hydrogen-bond donors (Lipinski definition) is 1. The minimum atomic E-state index is -0.824. The Morgan fingerprint density at radius 1 is 1.20 bits per heavy atom. The van der Waals surface area contributed by atoms with Gasteiger partial charge in [-0.3, -0.25) is 0 Å². The van der Waals surface area contributed by atoms with Gasteiger partial charge in [0.05, 0.1) is 29.2 Å². The topological polar surface area (TPSA) is 104 Å². The number of nitrogens with two attached hydrogens (primary N) is 1. The van der Waals surface area contributed by atoms with E-state index in [1.165, 1.54) is 0 Å². The van der Waals surface area contributed by atoms with E-state index in [1.807, 2.05) is 6.92 Å². The lowest BCUT2D eigenvalue weighted by atomic mass is 9.83. The second-order valence-electron chi connectivity index (χ2n) is 7.37. The highest BCUT2D eigenvalue weighted by atomic mass is 79.9. The number of benzene rings is 2. The summed E-state index contributed by atoms with van der Waals surface area (Å²) in [7, 11) is 0. The Bertz CT molecular complexity index is 1230. The van der Waals surface area contributed by atoms with Crippen molar-refractivity contribution < 1.29 is 23.7 Å². The fourth-order valence-electron chi connectivity index (χ4n) is 3.66. The van der Waals surface area contributed by atoms with Crippen LogP contribution >= 0.6 is 39.1 Å². The third-order valence-corrected chi connectivity index (χ3v) is 6.49. The zero-order valence-corrected chi connectivity index (χ0v) is 22.4. The van der Waals surface area contributed by atoms with Crippen LogP contribution in [-0.2, 0) is 20.9 Å². The summed E-state index contributed by atoms with van der Waals surface area (Å²) in [6, 6.07) is 10.7. The van der Waals surface area contributed by atoms with Crippen LogP contribution in [0.2, 0.25) is 10.0 Å². The van der Waals surface area contributed by atoms with E-state index in [-0.39, 0.29) is 36.0 Å². The van der Waals surface area contributed by atoms with Gasteiger partial charge in [-0.15, -0.1) is 0 Å². The molecule has 2 N–H and O–H groups in total. The first-order valence-electron chi connectivity index (χ1n) is 10.7. The predicted molar refractivity (Wildman–Crippen MR) is 136 cm³/mol. The number of rotatable bonds is 8. The molecule has 0 fully saturated rings. The molecule has 0 radical (unpaired) electrons. The van der Waals surface area contributed by atoms with E-state index in [0.29, 0.717) is 43.8 Å². The molecule has 7 nitrogen and oxygen atoms in total. The zero-order valence-electron chi connectivity index (χ0n) is 19.3. The number of hydrogen-bond acceptors (Lipinski definition) is 7. The Labute approximate surface area is 222 Å². The maximum absolute atomic E-state index is 12.8. The largest absolute Gasteiger partial charge is 0.490 e. The van der Waals surface area contributed by atoms with Gasteiger partial charge in [-0.1, -0.05) is 29.3 Å². The summed E-state index contributed by atoms with van der Waals surface area (Å²) in [6.45, 7) is 5.73. The minimum Gasteiger partial charge on any atom is -0.490 e. The molecule has 184 valence electrons. The first-order valence-corrected chi connectivity index (χ1v) is 12.3. The smallest absolute Gasteiger partial charge is 0.338 e. The molecule has 1 heterocycles. The fraction of sp³-hybridized carbons (Fsp3) is 0.280. The standard InChI is InChI=1S/C25H23BrCl2N2O5/c1-4-32-20-10-14(9-17(26)23(20)34-12-16-18(27)7-6-8-19(16)28)22-15(11-29)24(30)35-13(3)21(22)25(31)33-5-2/h6-10,22H,4-5,12,30H2,1-3H3. The van der Waals surface area contributed by atoms with Crippen molar-refractivity contribution in [1.29, 1.82) is 5.26 Å². The van der Waals surface area contributed by atoms with Gasteiger partial charge in [0.15, 0.2) is 11.5 Å². The normalized spacial score (nSPS) is 15.4. The number of carbonyl (C=O) groups is 1.